The first-order valence-corrected chi connectivity index (χ1v) is 5.61. The number of aromatic amines is 1. The standard InChI is InChI=1S/C10H11N3O2S/c11-6(10(14)15)4-9-13-8(5-16-9)7-2-1-3-12-7/h1-3,5-6,12H,4,11H2,(H,14,15). The van der Waals surface area contributed by atoms with Crippen LogP contribution in [-0.4, -0.2) is 27.1 Å². The molecule has 6 heteroatoms. The largest absolute Gasteiger partial charge is 0.480 e. The normalized spacial score (nSPS) is 12.6. The van der Waals surface area contributed by atoms with Crippen molar-refractivity contribution in [3.8, 4) is 11.4 Å². The van der Waals surface area contributed by atoms with Gasteiger partial charge in [-0.05, 0) is 12.1 Å². The summed E-state index contributed by atoms with van der Waals surface area (Å²) >= 11 is 1.42. The number of nitrogens with zero attached hydrogens (tertiary/aromatic N) is 1. The molecule has 0 saturated carbocycles. The average molecular weight is 237 g/mol. The van der Waals surface area contributed by atoms with Gasteiger partial charge in [0.2, 0.25) is 0 Å². The van der Waals surface area contributed by atoms with Crippen LogP contribution in [0.25, 0.3) is 11.4 Å². The average Bonchev–Trinajstić information content (AvgIpc) is 2.85. The van der Waals surface area contributed by atoms with E-state index in [2.05, 4.69) is 9.97 Å². The van der Waals surface area contributed by atoms with Crippen LogP contribution >= 0.6 is 11.3 Å². The molecule has 1 unspecified atom stereocenters. The molecule has 5 nitrogen and oxygen atoms in total. The molecule has 2 aromatic rings. The monoisotopic (exact) mass is 237 g/mol. The van der Waals surface area contributed by atoms with Crippen LogP contribution in [0.4, 0.5) is 0 Å². The van der Waals surface area contributed by atoms with E-state index in [1.165, 1.54) is 11.3 Å². The van der Waals surface area contributed by atoms with Crippen LogP contribution in [0.15, 0.2) is 23.7 Å². The number of hydrogen-bond donors (Lipinski definition) is 3. The first kappa shape index (κ1) is 10.8. The van der Waals surface area contributed by atoms with E-state index in [-0.39, 0.29) is 6.42 Å². The minimum absolute atomic E-state index is 0.265. The Morgan fingerprint density at radius 1 is 1.69 bits per heavy atom. The van der Waals surface area contributed by atoms with Crippen LogP contribution in [0, 0.1) is 0 Å². The van der Waals surface area contributed by atoms with Gasteiger partial charge in [-0.3, -0.25) is 4.79 Å². The minimum atomic E-state index is -1.00. The Morgan fingerprint density at radius 3 is 3.12 bits per heavy atom. The summed E-state index contributed by atoms with van der Waals surface area (Å²) in [5, 5.41) is 11.3. The van der Waals surface area contributed by atoms with Gasteiger partial charge in [-0.1, -0.05) is 0 Å². The van der Waals surface area contributed by atoms with E-state index in [1.807, 2.05) is 23.7 Å². The Labute approximate surface area is 95.9 Å². The van der Waals surface area contributed by atoms with Crippen molar-refractivity contribution in [2.24, 2.45) is 5.73 Å². The SMILES string of the molecule is NC(Cc1nc(-c2ccc[nH]2)cs1)C(=O)O. The molecular formula is C10H11N3O2S. The van der Waals surface area contributed by atoms with Crippen LogP contribution in [0.2, 0.25) is 0 Å². The quantitative estimate of drug-likeness (QED) is 0.742. The predicted molar refractivity (Wildman–Crippen MR) is 61.2 cm³/mol. The smallest absolute Gasteiger partial charge is 0.320 e. The van der Waals surface area contributed by atoms with Gasteiger partial charge in [-0.25, -0.2) is 4.98 Å². The molecule has 0 fully saturated rings. The molecule has 0 bridgehead atoms. The molecule has 0 aliphatic heterocycles. The maximum Gasteiger partial charge on any atom is 0.320 e. The van der Waals surface area contributed by atoms with Gasteiger partial charge in [0.05, 0.1) is 16.4 Å². The first-order valence-electron chi connectivity index (χ1n) is 4.73. The van der Waals surface area contributed by atoms with E-state index in [4.69, 9.17) is 10.8 Å². The summed E-state index contributed by atoms with van der Waals surface area (Å²) in [6, 6.07) is 2.91. The van der Waals surface area contributed by atoms with E-state index < -0.39 is 12.0 Å². The molecule has 16 heavy (non-hydrogen) atoms. The van der Waals surface area contributed by atoms with Gasteiger partial charge in [0.1, 0.15) is 6.04 Å². The van der Waals surface area contributed by atoms with Crippen LogP contribution in [0.5, 0.6) is 0 Å². The number of nitrogens with two attached hydrogens (primary N) is 1. The van der Waals surface area contributed by atoms with Crippen LogP contribution < -0.4 is 5.73 Å². The van der Waals surface area contributed by atoms with Crippen molar-refractivity contribution in [3.63, 3.8) is 0 Å². The molecule has 2 heterocycles. The lowest BCUT2D eigenvalue weighted by Gasteiger charge is -2.01. The number of nitrogens with one attached hydrogen (secondary N) is 1. The number of hydrogen-bond acceptors (Lipinski definition) is 4. The molecule has 0 aromatic carbocycles. The topological polar surface area (TPSA) is 92.0 Å². The molecule has 0 spiro atoms. The van der Waals surface area contributed by atoms with Crippen molar-refractivity contribution in [1.29, 1.82) is 0 Å². The zero-order valence-corrected chi connectivity index (χ0v) is 9.20. The fraction of sp³-hybridized carbons (Fsp3) is 0.200. The van der Waals surface area contributed by atoms with Crippen LogP contribution in [-0.2, 0) is 11.2 Å². The number of H-pyrrole nitrogens is 1. The zero-order chi connectivity index (χ0) is 11.5. The van der Waals surface area contributed by atoms with Crippen molar-refractivity contribution < 1.29 is 9.90 Å². The second kappa shape index (κ2) is 4.46. The molecule has 0 saturated heterocycles. The third-order valence-electron chi connectivity index (χ3n) is 2.14. The summed E-state index contributed by atoms with van der Waals surface area (Å²) in [5.74, 6) is -1.00. The molecule has 4 N–H and O–H groups in total. The zero-order valence-electron chi connectivity index (χ0n) is 8.38. The van der Waals surface area contributed by atoms with E-state index in [1.54, 1.807) is 0 Å². The summed E-state index contributed by atoms with van der Waals surface area (Å²) in [7, 11) is 0. The molecule has 0 aliphatic carbocycles. The molecule has 0 aliphatic rings. The highest BCUT2D eigenvalue weighted by Gasteiger charge is 2.14. The number of carboxylic acids is 1. The Balaban J connectivity index is 2.11. The van der Waals surface area contributed by atoms with Crippen molar-refractivity contribution in [2.45, 2.75) is 12.5 Å². The summed E-state index contributed by atoms with van der Waals surface area (Å²) in [5.41, 5.74) is 7.18. The Hall–Kier alpha value is -1.66. The molecular weight excluding hydrogens is 226 g/mol. The summed E-state index contributed by atoms with van der Waals surface area (Å²) < 4.78 is 0. The van der Waals surface area contributed by atoms with E-state index >= 15 is 0 Å². The number of rotatable bonds is 4. The van der Waals surface area contributed by atoms with Gasteiger partial charge >= 0.3 is 5.97 Å². The van der Waals surface area contributed by atoms with Crippen LogP contribution in [0.1, 0.15) is 5.01 Å². The highest BCUT2D eigenvalue weighted by Crippen LogP contribution is 2.20. The molecule has 0 amide bonds. The predicted octanol–water partition coefficient (Wildman–Crippen LogP) is 1.09. The third-order valence-corrected chi connectivity index (χ3v) is 3.01. The fourth-order valence-corrected chi connectivity index (χ4v) is 2.15. The fourth-order valence-electron chi connectivity index (χ4n) is 1.29. The molecule has 2 aromatic heterocycles. The minimum Gasteiger partial charge on any atom is -0.480 e. The van der Waals surface area contributed by atoms with Crippen molar-refractivity contribution in [3.05, 3.63) is 28.7 Å². The lowest BCUT2D eigenvalue weighted by atomic mass is 10.2. The summed E-state index contributed by atoms with van der Waals surface area (Å²) in [6.07, 6.45) is 2.08. The maximum atomic E-state index is 10.6. The number of carboxylic acid groups (broad SMARTS) is 1. The number of aliphatic carboxylic acids is 1. The second-order valence-electron chi connectivity index (χ2n) is 3.36. The number of aromatic nitrogens is 2. The Bertz CT molecular complexity index is 478. The lowest BCUT2D eigenvalue weighted by molar-refractivity contribution is -0.138. The summed E-state index contributed by atoms with van der Waals surface area (Å²) in [6.45, 7) is 0. The highest BCUT2D eigenvalue weighted by atomic mass is 32.1. The van der Waals surface area contributed by atoms with E-state index in [0.717, 1.165) is 16.4 Å². The van der Waals surface area contributed by atoms with Crippen molar-refractivity contribution >= 4 is 17.3 Å². The van der Waals surface area contributed by atoms with Crippen LogP contribution in [0.3, 0.4) is 0 Å². The molecule has 1 atom stereocenters. The Kier molecular flexibility index (Phi) is 3.02. The lowest BCUT2D eigenvalue weighted by Crippen LogP contribution is -2.32. The molecule has 0 radical (unpaired) electrons. The summed E-state index contributed by atoms with van der Waals surface area (Å²) in [4.78, 5) is 17.9. The first-order chi connectivity index (χ1) is 7.66. The highest BCUT2D eigenvalue weighted by molar-refractivity contribution is 7.09. The molecule has 84 valence electrons. The second-order valence-corrected chi connectivity index (χ2v) is 4.30. The van der Waals surface area contributed by atoms with Crippen molar-refractivity contribution in [1.82, 2.24) is 9.97 Å². The Morgan fingerprint density at radius 2 is 2.50 bits per heavy atom. The van der Waals surface area contributed by atoms with E-state index in [0.29, 0.717) is 0 Å². The third kappa shape index (κ3) is 2.29. The van der Waals surface area contributed by atoms with Gasteiger partial charge in [0.25, 0.3) is 0 Å². The number of thiazole rings is 1. The van der Waals surface area contributed by atoms with Crippen molar-refractivity contribution in [2.75, 3.05) is 0 Å². The van der Waals surface area contributed by atoms with Gasteiger partial charge in [0, 0.05) is 18.0 Å². The van der Waals surface area contributed by atoms with E-state index in [9.17, 15) is 4.79 Å². The number of carbonyl (C=O) groups is 1. The van der Waals surface area contributed by atoms with Gasteiger partial charge in [0.15, 0.2) is 0 Å². The molecule has 2 rings (SSSR count). The maximum absolute atomic E-state index is 10.6. The van der Waals surface area contributed by atoms with Gasteiger partial charge in [-0.15, -0.1) is 11.3 Å². The van der Waals surface area contributed by atoms with Gasteiger partial charge < -0.3 is 15.8 Å². The van der Waals surface area contributed by atoms with Gasteiger partial charge in [-0.2, -0.15) is 0 Å².